The van der Waals surface area contributed by atoms with Crippen LogP contribution in [0.2, 0.25) is 0 Å². The van der Waals surface area contributed by atoms with Gasteiger partial charge in [-0.15, -0.1) is 0 Å². The predicted octanol–water partition coefficient (Wildman–Crippen LogP) is 2.97. The van der Waals surface area contributed by atoms with Gasteiger partial charge in [0.05, 0.1) is 35.8 Å². The smallest absolute Gasteiger partial charge is 0.338 e. The molecule has 0 radical (unpaired) electrons. The Morgan fingerprint density at radius 3 is 2.42 bits per heavy atom. The highest BCUT2D eigenvalue weighted by Gasteiger charge is 2.60. The number of benzene rings is 2. The van der Waals surface area contributed by atoms with Gasteiger partial charge in [-0.3, -0.25) is 14.4 Å². The minimum atomic E-state index is -0.759. The number of fused-ring (bicyclic) bond motifs is 5. The molecule has 1 N–H and O–H groups in total. The topological polar surface area (TPSA) is 119 Å². The average Bonchev–Trinajstić information content (AvgIpc) is 3.52. The van der Waals surface area contributed by atoms with Crippen LogP contribution in [-0.4, -0.2) is 43.4 Å². The van der Waals surface area contributed by atoms with Gasteiger partial charge < -0.3 is 14.8 Å². The number of carbonyl (C=O) groups excluding carboxylic acids is 5. The molecule has 2 fully saturated rings. The third kappa shape index (κ3) is 3.96. The number of ether oxygens (including phenoxy) is 2. The molecule has 3 aliphatic rings. The largest absolute Gasteiger partial charge is 0.465 e. The van der Waals surface area contributed by atoms with Gasteiger partial charge in [0.1, 0.15) is 0 Å². The number of esters is 2. The van der Waals surface area contributed by atoms with Crippen LogP contribution in [0.25, 0.3) is 0 Å². The number of hydrogen-bond donors (Lipinski definition) is 1. The van der Waals surface area contributed by atoms with Crippen LogP contribution < -0.4 is 10.2 Å². The minimum Gasteiger partial charge on any atom is -0.465 e. The number of imide groups is 1. The van der Waals surface area contributed by atoms with Crippen molar-refractivity contribution in [3.05, 3.63) is 71.3 Å². The molecule has 1 aliphatic heterocycles. The summed E-state index contributed by atoms with van der Waals surface area (Å²) in [4.78, 5) is 63.7. The van der Waals surface area contributed by atoms with Gasteiger partial charge in [-0.05, 0) is 67.6 Å². The van der Waals surface area contributed by atoms with E-state index in [4.69, 9.17) is 4.74 Å². The molecular weight excluding hydrogens is 464 g/mol. The molecule has 1 saturated carbocycles. The summed E-state index contributed by atoms with van der Waals surface area (Å²) in [5.74, 6) is -2.78. The van der Waals surface area contributed by atoms with E-state index in [-0.39, 0.29) is 41.0 Å². The van der Waals surface area contributed by atoms with Gasteiger partial charge in [-0.25, -0.2) is 14.5 Å². The van der Waals surface area contributed by atoms with Crippen LogP contribution in [-0.2, 0) is 23.9 Å². The molecule has 2 aromatic rings. The summed E-state index contributed by atoms with van der Waals surface area (Å²) in [5.41, 5.74) is 2.36. The zero-order valence-corrected chi connectivity index (χ0v) is 19.7. The first-order valence-corrected chi connectivity index (χ1v) is 11.6. The fourth-order valence-corrected chi connectivity index (χ4v) is 5.52. The lowest BCUT2D eigenvalue weighted by Gasteiger charge is -2.19. The fourth-order valence-electron chi connectivity index (χ4n) is 5.52. The molecule has 4 atom stereocenters. The summed E-state index contributed by atoms with van der Waals surface area (Å²) >= 11 is 0. The van der Waals surface area contributed by atoms with E-state index in [1.54, 1.807) is 12.1 Å². The fraction of sp³-hybridized carbons (Fsp3) is 0.296. The maximum Gasteiger partial charge on any atom is 0.338 e. The number of allylic oxidation sites excluding steroid dienone is 2. The second kappa shape index (κ2) is 9.07. The Morgan fingerprint density at radius 1 is 0.972 bits per heavy atom. The van der Waals surface area contributed by atoms with Crippen LogP contribution in [0.1, 0.15) is 34.1 Å². The van der Waals surface area contributed by atoms with Crippen LogP contribution >= 0.6 is 0 Å². The van der Waals surface area contributed by atoms with E-state index in [0.717, 1.165) is 6.42 Å². The Bertz CT molecular complexity index is 1310. The molecule has 9 nitrogen and oxygen atoms in total. The van der Waals surface area contributed by atoms with Crippen LogP contribution in [0.15, 0.2) is 60.2 Å². The zero-order chi connectivity index (χ0) is 25.6. The molecule has 9 heteroatoms. The third-order valence-corrected chi connectivity index (χ3v) is 7.14. The van der Waals surface area contributed by atoms with Crippen LogP contribution in [0.3, 0.4) is 0 Å². The van der Waals surface area contributed by atoms with Crippen molar-refractivity contribution < 1.29 is 33.4 Å². The lowest BCUT2D eigenvalue weighted by atomic mass is 9.82. The Kier molecular flexibility index (Phi) is 5.91. The number of anilines is 2. The number of rotatable bonds is 6. The van der Waals surface area contributed by atoms with Crippen molar-refractivity contribution in [3.8, 4) is 0 Å². The number of carbonyl (C=O) groups is 5. The highest BCUT2D eigenvalue weighted by atomic mass is 16.5. The summed E-state index contributed by atoms with van der Waals surface area (Å²) in [6.07, 6.45) is 2.95. The van der Waals surface area contributed by atoms with E-state index in [9.17, 15) is 24.0 Å². The number of methoxy groups -OCH3 is 1. The van der Waals surface area contributed by atoms with E-state index in [1.165, 1.54) is 54.0 Å². The van der Waals surface area contributed by atoms with E-state index < -0.39 is 24.5 Å². The van der Waals surface area contributed by atoms with Gasteiger partial charge in [0.25, 0.3) is 5.91 Å². The molecule has 2 aromatic carbocycles. The van der Waals surface area contributed by atoms with E-state index in [0.29, 0.717) is 16.9 Å². The quantitative estimate of drug-likeness (QED) is 0.377. The lowest BCUT2D eigenvalue weighted by Crippen LogP contribution is -2.33. The average molecular weight is 488 g/mol. The van der Waals surface area contributed by atoms with Crippen LogP contribution in [0.5, 0.6) is 0 Å². The van der Waals surface area contributed by atoms with Crippen molar-refractivity contribution in [1.82, 2.24) is 0 Å². The number of amides is 3. The van der Waals surface area contributed by atoms with Crippen LogP contribution in [0, 0.1) is 23.7 Å². The Morgan fingerprint density at radius 2 is 1.69 bits per heavy atom. The van der Waals surface area contributed by atoms with Crippen LogP contribution in [0.4, 0.5) is 11.4 Å². The van der Waals surface area contributed by atoms with E-state index in [1.807, 2.05) is 6.92 Å². The van der Waals surface area contributed by atoms with Gasteiger partial charge in [0, 0.05) is 5.69 Å². The second-order valence-electron chi connectivity index (χ2n) is 9.22. The Labute approximate surface area is 207 Å². The van der Waals surface area contributed by atoms with Gasteiger partial charge in [0.2, 0.25) is 11.8 Å². The summed E-state index contributed by atoms with van der Waals surface area (Å²) in [6, 6.07) is 12.2. The molecule has 1 heterocycles. The Hall–Kier alpha value is -4.27. The highest BCUT2D eigenvalue weighted by Crippen LogP contribution is 2.55. The molecular formula is C27H24N2O7. The molecule has 36 heavy (non-hydrogen) atoms. The summed E-state index contributed by atoms with van der Waals surface area (Å²) in [7, 11) is 1.27. The van der Waals surface area contributed by atoms with Gasteiger partial charge in [0.15, 0.2) is 6.61 Å². The Balaban J connectivity index is 1.21. The highest BCUT2D eigenvalue weighted by molar-refractivity contribution is 6.23. The molecule has 1 saturated heterocycles. The standard InChI is InChI=1S/C27H24N2O7/c1-14-10-17-12-20(14)23-22(17)24(31)29(25(23)32)19-5-3-4-16(11-19)27(34)36-13-21(30)28-18-8-6-15(7-9-18)26(33)35-2/h3-11,17,20,22-23H,12-13H2,1-2H3,(H,28,30)/t17-,20+,22-,23+/m0/s1. The maximum atomic E-state index is 13.2. The van der Waals surface area contributed by atoms with Crippen molar-refractivity contribution in [2.45, 2.75) is 13.3 Å². The zero-order valence-electron chi connectivity index (χ0n) is 19.7. The van der Waals surface area contributed by atoms with Crippen molar-refractivity contribution in [2.24, 2.45) is 23.7 Å². The number of hydrogen-bond acceptors (Lipinski definition) is 7. The minimum absolute atomic E-state index is 0.0878. The SMILES string of the molecule is COC(=O)c1ccc(NC(=O)COC(=O)c2cccc(N3C(=O)[C@@H]4[C@H](C3=O)[C@@H]3C[C@@H]4C=C3C)c2)cc1. The molecule has 3 amide bonds. The van der Waals surface area contributed by atoms with Crippen molar-refractivity contribution in [2.75, 3.05) is 23.9 Å². The summed E-state index contributed by atoms with van der Waals surface area (Å²) in [5, 5.41) is 2.57. The molecule has 0 aromatic heterocycles. The summed E-state index contributed by atoms with van der Waals surface area (Å²) < 4.78 is 9.75. The number of nitrogens with one attached hydrogen (secondary N) is 1. The molecule has 2 aliphatic carbocycles. The number of nitrogens with zero attached hydrogens (tertiary/aromatic N) is 1. The first-order chi connectivity index (χ1) is 17.3. The second-order valence-corrected chi connectivity index (χ2v) is 9.22. The molecule has 184 valence electrons. The van der Waals surface area contributed by atoms with E-state index >= 15 is 0 Å². The first kappa shape index (κ1) is 23.5. The van der Waals surface area contributed by atoms with E-state index in [2.05, 4.69) is 16.1 Å². The predicted molar refractivity (Wildman–Crippen MR) is 128 cm³/mol. The normalized spacial score (nSPS) is 23.8. The van der Waals surface area contributed by atoms with Crippen molar-refractivity contribution in [3.63, 3.8) is 0 Å². The molecule has 5 rings (SSSR count). The first-order valence-electron chi connectivity index (χ1n) is 11.6. The van der Waals surface area contributed by atoms with Gasteiger partial charge >= 0.3 is 11.9 Å². The molecule has 2 bridgehead atoms. The van der Waals surface area contributed by atoms with Gasteiger partial charge in [-0.2, -0.15) is 0 Å². The van der Waals surface area contributed by atoms with Crippen molar-refractivity contribution in [1.29, 1.82) is 0 Å². The molecule has 0 spiro atoms. The van der Waals surface area contributed by atoms with Gasteiger partial charge in [-0.1, -0.05) is 17.7 Å². The summed E-state index contributed by atoms with van der Waals surface area (Å²) in [6.45, 7) is 1.47. The third-order valence-electron chi connectivity index (χ3n) is 7.14. The lowest BCUT2D eigenvalue weighted by molar-refractivity contribution is -0.123. The monoisotopic (exact) mass is 488 g/mol. The van der Waals surface area contributed by atoms with Crippen molar-refractivity contribution >= 4 is 41.0 Å². The molecule has 0 unspecified atom stereocenters. The maximum absolute atomic E-state index is 13.2.